The van der Waals surface area contributed by atoms with Crippen LogP contribution in [0.4, 0.5) is 5.69 Å². The highest BCUT2D eigenvalue weighted by Crippen LogP contribution is 2.25. The van der Waals surface area contributed by atoms with Crippen molar-refractivity contribution >= 4 is 27.5 Å². The second-order valence-corrected chi connectivity index (χ2v) is 6.00. The van der Waals surface area contributed by atoms with Crippen LogP contribution in [0.15, 0.2) is 24.3 Å². The number of halogens is 1. The van der Waals surface area contributed by atoms with Crippen molar-refractivity contribution in [3.8, 4) is 0 Å². The molecule has 1 aromatic carbocycles. The molecule has 3 heteroatoms. The van der Waals surface area contributed by atoms with E-state index in [1.165, 1.54) is 44.1 Å². The van der Waals surface area contributed by atoms with Gasteiger partial charge in [-0.1, -0.05) is 53.7 Å². The van der Waals surface area contributed by atoms with E-state index in [9.17, 15) is 4.79 Å². The number of hydrogen-bond acceptors (Lipinski definition) is 1. The Kier molecular flexibility index (Phi) is 5.90. The number of carbonyl (C=O) groups excluding carboxylic acids is 1. The Hall–Kier alpha value is -0.830. The van der Waals surface area contributed by atoms with E-state index in [0.29, 0.717) is 12.3 Å². The molecule has 0 unspecified atom stereocenters. The first-order valence-corrected chi connectivity index (χ1v) is 8.35. The van der Waals surface area contributed by atoms with E-state index in [2.05, 4.69) is 27.3 Å². The van der Waals surface area contributed by atoms with Gasteiger partial charge in [-0.2, -0.15) is 0 Å². The topological polar surface area (TPSA) is 29.1 Å². The summed E-state index contributed by atoms with van der Waals surface area (Å²) in [6.45, 7) is 0. The monoisotopic (exact) mass is 323 g/mol. The lowest BCUT2D eigenvalue weighted by molar-refractivity contribution is -0.117. The third-order valence-electron chi connectivity index (χ3n) is 3.81. The minimum atomic E-state index is 0.165. The molecule has 0 atom stereocenters. The number of benzene rings is 1. The molecule has 0 bridgehead atoms. The van der Waals surface area contributed by atoms with Gasteiger partial charge < -0.3 is 5.32 Å². The first-order chi connectivity index (χ1) is 9.28. The van der Waals surface area contributed by atoms with Gasteiger partial charge in [0.25, 0.3) is 0 Å². The van der Waals surface area contributed by atoms with Crippen LogP contribution in [0.25, 0.3) is 0 Å². The maximum absolute atomic E-state index is 12.1. The van der Waals surface area contributed by atoms with Crippen molar-refractivity contribution in [3.63, 3.8) is 0 Å². The molecule has 1 aromatic rings. The Morgan fingerprint density at radius 2 is 1.95 bits per heavy atom. The van der Waals surface area contributed by atoms with Crippen molar-refractivity contribution in [2.45, 2.75) is 50.3 Å². The Morgan fingerprint density at radius 1 is 1.21 bits per heavy atom. The van der Waals surface area contributed by atoms with Crippen molar-refractivity contribution in [1.29, 1.82) is 0 Å². The van der Waals surface area contributed by atoms with Gasteiger partial charge in [-0.05, 0) is 36.5 Å². The number of nitrogens with one attached hydrogen (secondary N) is 1. The van der Waals surface area contributed by atoms with Gasteiger partial charge in [-0.15, -0.1) is 0 Å². The zero-order valence-corrected chi connectivity index (χ0v) is 12.9. The number of rotatable bonds is 4. The molecule has 0 aliphatic heterocycles. The molecular weight excluding hydrogens is 302 g/mol. The average molecular weight is 324 g/mol. The van der Waals surface area contributed by atoms with Crippen molar-refractivity contribution in [3.05, 3.63) is 29.8 Å². The molecule has 1 amide bonds. The lowest BCUT2D eigenvalue weighted by Crippen LogP contribution is -2.16. The number of amides is 1. The van der Waals surface area contributed by atoms with Gasteiger partial charge in [0.2, 0.25) is 5.91 Å². The second-order valence-electron chi connectivity index (χ2n) is 5.44. The maximum Gasteiger partial charge on any atom is 0.224 e. The van der Waals surface area contributed by atoms with Gasteiger partial charge in [-0.25, -0.2) is 0 Å². The largest absolute Gasteiger partial charge is 0.326 e. The van der Waals surface area contributed by atoms with Gasteiger partial charge in [0.05, 0.1) is 0 Å². The second kappa shape index (κ2) is 7.68. The van der Waals surface area contributed by atoms with Crippen LogP contribution in [-0.4, -0.2) is 5.91 Å². The molecule has 0 spiro atoms. The highest BCUT2D eigenvalue weighted by Gasteiger charge is 2.16. The van der Waals surface area contributed by atoms with E-state index >= 15 is 0 Å². The summed E-state index contributed by atoms with van der Waals surface area (Å²) in [5.74, 6) is 0.750. The van der Waals surface area contributed by atoms with Crippen LogP contribution >= 0.6 is 15.9 Å². The Morgan fingerprint density at radius 3 is 2.63 bits per heavy atom. The van der Waals surface area contributed by atoms with E-state index < -0.39 is 0 Å². The molecule has 1 saturated carbocycles. The SMILES string of the molecule is O=C(CC1CCCCCC1)Nc1cccc(CBr)c1. The summed E-state index contributed by atoms with van der Waals surface area (Å²) in [6, 6.07) is 8.02. The Bertz CT molecular complexity index is 411. The predicted octanol–water partition coefficient (Wildman–Crippen LogP) is 4.88. The Labute approximate surface area is 124 Å². The fraction of sp³-hybridized carbons (Fsp3) is 0.562. The highest BCUT2D eigenvalue weighted by atomic mass is 79.9. The number of alkyl halides is 1. The fourth-order valence-corrected chi connectivity index (χ4v) is 3.12. The van der Waals surface area contributed by atoms with E-state index in [1.807, 2.05) is 18.2 Å². The molecular formula is C16H22BrNO. The molecule has 0 aromatic heterocycles. The van der Waals surface area contributed by atoms with E-state index in [0.717, 1.165) is 11.0 Å². The van der Waals surface area contributed by atoms with Crippen molar-refractivity contribution in [2.24, 2.45) is 5.92 Å². The maximum atomic E-state index is 12.1. The molecule has 104 valence electrons. The van der Waals surface area contributed by atoms with Gasteiger partial charge in [0.15, 0.2) is 0 Å². The van der Waals surface area contributed by atoms with Crippen LogP contribution in [0, 0.1) is 5.92 Å². The summed E-state index contributed by atoms with van der Waals surface area (Å²) < 4.78 is 0. The molecule has 1 fully saturated rings. The summed E-state index contributed by atoms with van der Waals surface area (Å²) in [4.78, 5) is 12.1. The highest BCUT2D eigenvalue weighted by molar-refractivity contribution is 9.08. The quantitative estimate of drug-likeness (QED) is 0.621. The van der Waals surface area contributed by atoms with Crippen molar-refractivity contribution in [2.75, 3.05) is 5.32 Å². The number of carbonyl (C=O) groups is 1. The molecule has 1 aliphatic carbocycles. The Balaban J connectivity index is 1.85. The lowest BCUT2D eigenvalue weighted by atomic mass is 9.96. The van der Waals surface area contributed by atoms with Crippen LogP contribution < -0.4 is 5.32 Å². The van der Waals surface area contributed by atoms with Crippen LogP contribution in [0.3, 0.4) is 0 Å². The molecule has 0 saturated heterocycles. The summed E-state index contributed by atoms with van der Waals surface area (Å²) >= 11 is 3.43. The van der Waals surface area contributed by atoms with Crippen LogP contribution in [0.1, 0.15) is 50.5 Å². The van der Waals surface area contributed by atoms with E-state index in [-0.39, 0.29) is 5.91 Å². The van der Waals surface area contributed by atoms with Gasteiger partial charge >= 0.3 is 0 Å². The van der Waals surface area contributed by atoms with Crippen molar-refractivity contribution < 1.29 is 4.79 Å². The van der Waals surface area contributed by atoms with Crippen LogP contribution in [0.5, 0.6) is 0 Å². The molecule has 0 heterocycles. The zero-order chi connectivity index (χ0) is 13.5. The smallest absolute Gasteiger partial charge is 0.224 e. The van der Waals surface area contributed by atoms with Gasteiger partial charge in [0.1, 0.15) is 0 Å². The van der Waals surface area contributed by atoms with Gasteiger partial charge in [0, 0.05) is 17.4 Å². The normalized spacial score (nSPS) is 16.9. The van der Waals surface area contributed by atoms with Crippen molar-refractivity contribution in [1.82, 2.24) is 0 Å². The first-order valence-electron chi connectivity index (χ1n) is 7.22. The van der Waals surface area contributed by atoms with Crippen LogP contribution in [0.2, 0.25) is 0 Å². The third-order valence-corrected chi connectivity index (χ3v) is 4.46. The summed E-state index contributed by atoms with van der Waals surface area (Å²) in [5, 5.41) is 3.84. The third kappa shape index (κ3) is 4.98. The standard InChI is InChI=1S/C16H22BrNO/c17-12-14-8-5-9-15(10-14)18-16(19)11-13-6-3-1-2-4-7-13/h5,8-10,13H,1-4,6-7,11-12H2,(H,18,19). The molecule has 2 nitrogen and oxygen atoms in total. The van der Waals surface area contributed by atoms with E-state index in [1.54, 1.807) is 0 Å². The minimum Gasteiger partial charge on any atom is -0.326 e. The van der Waals surface area contributed by atoms with Gasteiger partial charge in [-0.3, -0.25) is 4.79 Å². The lowest BCUT2D eigenvalue weighted by Gasteiger charge is -2.13. The number of hydrogen-bond donors (Lipinski definition) is 1. The predicted molar refractivity (Wildman–Crippen MR) is 83.5 cm³/mol. The number of anilines is 1. The summed E-state index contributed by atoms with van der Waals surface area (Å²) in [6.07, 6.45) is 8.37. The first kappa shape index (κ1) is 14.6. The summed E-state index contributed by atoms with van der Waals surface area (Å²) in [7, 11) is 0. The molecule has 1 N–H and O–H groups in total. The average Bonchev–Trinajstić information content (AvgIpc) is 2.67. The fourth-order valence-electron chi connectivity index (χ4n) is 2.77. The molecule has 1 aliphatic rings. The minimum absolute atomic E-state index is 0.165. The summed E-state index contributed by atoms with van der Waals surface area (Å²) in [5.41, 5.74) is 2.10. The van der Waals surface area contributed by atoms with E-state index in [4.69, 9.17) is 0 Å². The molecule has 19 heavy (non-hydrogen) atoms. The molecule has 2 rings (SSSR count). The molecule has 0 radical (unpaired) electrons. The van der Waals surface area contributed by atoms with Crippen LogP contribution in [-0.2, 0) is 10.1 Å². The zero-order valence-electron chi connectivity index (χ0n) is 11.3.